The van der Waals surface area contributed by atoms with E-state index in [1.807, 2.05) is 24.3 Å². The number of nitrogens with one attached hydrogen (secondary N) is 6. The number of carbonyl (C=O) groups is 6. The number of unbranched alkanes of at least 4 members (excludes halogenated alkanes) is 4. The quantitative estimate of drug-likeness (QED) is 0.0478. The summed E-state index contributed by atoms with van der Waals surface area (Å²) in [7, 11) is 0. The van der Waals surface area contributed by atoms with E-state index in [4.69, 9.17) is 28.7 Å². The minimum atomic E-state index is -1.09. The molecule has 1 aromatic carbocycles. The first-order valence-electron chi connectivity index (χ1n) is 19.1. The molecule has 0 fully saturated rings. The van der Waals surface area contributed by atoms with Gasteiger partial charge in [-0.25, -0.2) is 0 Å². The molecule has 0 aliphatic carbocycles. The van der Waals surface area contributed by atoms with Crippen LogP contribution in [0.5, 0.6) is 0 Å². The summed E-state index contributed by atoms with van der Waals surface area (Å²) in [5, 5.41) is 14.6. The van der Waals surface area contributed by atoms with Crippen LogP contribution in [0.2, 0.25) is 0 Å². The van der Waals surface area contributed by atoms with Gasteiger partial charge in [-0.15, -0.1) is 0 Å². The largest absolute Gasteiger partial charge is 0.368 e. The Kier molecular flexibility index (Phi) is 21.5. The van der Waals surface area contributed by atoms with Crippen LogP contribution in [-0.4, -0.2) is 96.8 Å². The average Bonchev–Trinajstić information content (AvgIpc) is 3.55. The Morgan fingerprint density at radius 3 is 1.35 bits per heavy atom. The van der Waals surface area contributed by atoms with Crippen molar-refractivity contribution in [2.45, 2.75) is 121 Å². The van der Waals surface area contributed by atoms with Crippen molar-refractivity contribution in [3.05, 3.63) is 36.0 Å². The predicted octanol–water partition coefficient (Wildman–Crippen LogP) is -0.844. The fourth-order valence-electron chi connectivity index (χ4n) is 6.13. The summed E-state index contributed by atoms with van der Waals surface area (Å²) >= 11 is 0. The molecule has 0 spiro atoms. The van der Waals surface area contributed by atoms with E-state index in [1.54, 1.807) is 6.20 Å². The molecule has 0 aliphatic heterocycles. The highest BCUT2D eigenvalue weighted by molar-refractivity contribution is 5.96. The Hall–Kier alpha value is -4.58. The number of rotatable bonds is 28. The van der Waals surface area contributed by atoms with Crippen LogP contribution in [0.15, 0.2) is 30.5 Å². The summed E-state index contributed by atoms with van der Waals surface area (Å²) in [5.74, 6) is -3.51. The van der Waals surface area contributed by atoms with E-state index in [0.717, 1.165) is 16.5 Å². The van der Waals surface area contributed by atoms with Gasteiger partial charge in [0.1, 0.15) is 30.2 Å². The number of hydrogen-bond acceptors (Lipinski definition) is 10. The first-order valence-corrected chi connectivity index (χ1v) is 19.1. The molecule has 17 heteroatoms. The Balaban J connectivity index is 2.30. The number of aromatic nitrogens is 1. The van der Waals surface area contributed by atoms with E-state index in [0.29, 0.717) is 84.0 Å². The van der Waals surface area contributed by atoms with E-state index in [-0.39, 0.29) is 25.7 Å². The van der Waals surface area contributed by atoms with Crippen LogP contribution in [0.4, 0.5) is 0 Å². The van der Waals surface area contributed by atoms with Crippen molar-refractivity contribution in [2.24, 2.45) is 28.7 Å². The lowest BCUT2D eigenvalue weighted by Gasteiger charge is -2.27. The van der Waals surface area contributed by atoms with Gasteiger partial charge in [0.2, 0.25) is 35.4 Å². The number of H-pyrrole nitrogens is 1. The molecule has 2 aromatic rings. The summed E-state index contributed by atoms with van der Waals surface area (Å²) < 4.78 is 0. The molecule has 1 heterocycles. The van der Waals surface area contributed by atoms with Gasteiger partial charge >= 0.3 is 0 Å². The zero-order valence-electron chi connectivity index (χ0n) is 31.6. The summed E-state index contributed by atoms with van der Waals surface area (Å²) in [6.45, 7) is 2.85. The molecule has 302 valence electrons. The monoisotopic (exact) mass is 757 g/mol. The van der Waals surface area contributed by atoms with Crippen molar-refractivity contribution in [3.63, 3.8) is 0 Å². The maximum absolute atomic E-state index is 13.9. The smallest absolute Gasteiger partial charge is 0.243 e. The summed E-state index contributed by atoms with van der Waals surface area (Å²) in [6.07, 6.45) is 7.35. The summed E-state index contributed by atoms with van der Waals surface area (Å²) in [6, 6.07) is 2.43. The molecule has 0 radical (unpaired) electrons. The number of primary amides is 1. The van der Waals surface area contributed by atoms with Gasteiger partial charge in [0.05, 0.1) is 0 Å². The van der Waals surface area contributed by atoms with Crippen molar-refractivity contribution >= 4 is 46.3 Å². The normalized spacial score (nSPS) is 13.9. The number of nitrogens with two attached hydrogens (primary N) is 5. The van der Waals surface area contributed by atoms with Crippen LogP contribution in [0.25, 0.3) is 10.9 Å². The van der Waals surface area contributed by atoms with Gasteiger partial charge in [0.15, 0.2) is 0 Å². The standard InChI is InChI=1S/C37H63N11O6/c1-24(49)44-32(22-25-23-43-27-13-3-2-12-26(25)27)37(54)48-31(17-7-11-21-41)36(53)47-30(16-6-10-20-40)35(52)46-29(15-5-9-19-39)34(51)45-28(33(42)50)14-4-8-18-38/h2-3,12-13,23,28-32,43H,4-11,14-22,38-41H2,1H3,(H2,42,50)(H,44,49)(H,45,51)(H,46,52)(H,47,53)(H,48,54)/t28-,29-,30-,31-,32-/m0/s1. The minimum Gasteiger partial charge on any atom is -0.368 e. The van der Waals surface area contributed by atoms with E-state index >= 15 is 0 Å². The third-order valence-electron chi connectivity index (χ3n) is 9.14. The highest BCUT2D eigenvalue weighted by Gasteiger charge is 2.32. The topological polar surface area (TPSA) is 308 Å². The maximum atomic E-state index is 13.9. The van der Waals surface area contributed by atoms with E-state index in [2.05, 4.69) is 31.6 Å². The number of fused-ring (bicyclic) bond motifs is 1. The van der Waals surface area contributed by atoms with Crippen LogP contribution < -0.4 is 55.3 Å². The van der Waals surface area contributed by atoms with Gasteiger partial charge in [0, 0.05) is 30.4 Å². The number of hydrogen-bond donors (Lipinski definition) is 11. The van der Waals surface area contributed by atoms with Crippen LogP contribution >= 0.6 is 0 Å². The molecule has 0 unspecified atom stereocenters. The van der Waals surface area contributed by atoms with E-state index in [9.17, 15) is 28.8 Å². The first-order chi connectivity index (χ1) is 25.9. The molecular weight excluding hydrogens is 694 g/mol. The van der Waals surface area contributed by atoms with E-state index in [1.165, 1.54) is 6.92 Å². The molecule has 5 atom stereocenters. The molecule has 6 amide bonds. The van der Waals surface area contributed by atoms with Gasteiger partial charge in [-0.3, -0.25) is 28.8 Å². The van der Waals surface area contributed by atoms with Crippen molar-refractivity contribution in [1.29, 1.82) is 0 Å². The third-order valence-corrected chi connectivity index (χ3v) is 9.14. The molecule has 54 heavy (non-hydrogen) atoms. The Bertz CT molecular complexity index is 1490. The predicted molar refractivity (Wildman–Crippen MR) is 208 cm³/mol. The second-order valence-corrected chi connectivity index (χ2v) is 13.6. The van der Waals surface area contributed by atoms with Crippen molar-refractivity contribution in [1.82, 2.24) is 31.6 Å². The van der Waals surface area contributed by atoms with Gasteiger partial charge in [-0.2, -0.15) is 0 Å². The van der Waals surface area contributed by atoms with Gasteiger partial charge in [0.25, 0.3) is 0 Å². The van der Waals surface area contributed by atoms with Gasteiger partial charge in [-0.1, -0.05) is 18.2 Å². The van der Waals surface area contributed by atoms with Crippen molar-refractivity contribution < 1.29 is 28.8 Å². The van der Waals surface area contributed by atoms with Gasteiger partial charge in [-0.05, 0) is 115 Å². The molecule has 0 saturated carbocycles. The van der Waals surface area contributed by atoms with Crippen molar-refractivity contribution in [2.75, 3.05) is 26.2 Å². The Labute approximate surface area is 317 Å². The molecule has 1 aromatic heterocycles. The molecule has 0 bridgehead atoms. The number of para-hydroxylation sites is 1. The fraction of sp³-hybridized carbons (Fsp3) is 0.622. The van der Waals surface area contributed by atoms with Crippen LogP contribution in [0.3, 0.4) is 0 Å². The highest BCUT2D eigenvalue weighted by Crippen LogP contribution is 2.19. The third kappa shape index (κ3) is 16.2. The lowest BCUT2D eigenvalue weighted by atomic mass is 10.0. The Morgan fingerprint density at radius 2 is 0.944 bits per heavy atom. The number of carbonyl (C=O) groups excluding carboxylic acids is 6. The molecule has 2 rings (SSSR count). The lowest BCUT2D eigenvalue weighted by molar-refractivity contribution is -0.135. The summed E-state index contributed by atoms with van der Waals surface area (Å²) in [5.41, 5.74) is 29.9. The molecule has 0 aliphatic rings. The zero-order chi connectivity index (χ0) is 39.9. The second kappa shape index (κ2) is 25.4. The second-order valence-electron chi connectivity index (χ2n) is 13.6. The highest BCUT2D eigenvalue weighted by atomic mass is 16.2. The van der Waals surface area contributed by atoms with Gasteiger partial charge < -0.3 is 60.2 Å². The summed E-state index contributed by atoms with van der Waals surface area (Å²) in [4.78, 5) is 82.5. The SMILES string of the molecule is CC(=O)N[C@@H](Cc1c[nH]c2ccccc12)C(=O)N[C@@H](CCCCN)C(=O)N[C@@H](CCCCN)C(=O)N[C@@H](CCCCN)C(=O)N[C@@H](CCCCN)C(N)=O. The average molecular weight is 758 g/mol. The van der Waals surface area contributed by atoms with Crippen LogP contribution in [0.1, 0.15) is 89.5 Å². The molecule has 17 nitrogen and oxygen atoms in total. The van der Waals surface area contributed by atoms with Crippen LogP contribution in [-0.2, 0) is 35.2 Å². The number of benzene rings is 1. The Morgan fingerprint density at radius 1 is 0.556 bits per heavy atom. The molecule has 0 saturated heterocycles. The molecule has 16 N–H and O–H groups in total. The van der Waals surface area contributed by atoms with Crippen LogP contribution in [0, 0.1) is 0 Å². The van der Waals surface area contributed by atoms with E-state index < -0.39 is 65.7 Å². The minimum absolute atomic E-state index is 0.161. The first kappa shape index (κ1) is 45.6. The fourth-order valence-corrected chi connectivity index (χ4v) is 6.13. The van der Waals surface area contributed by atoms with Crippen molar-refractivity contribution in [3.8, 4) is 0 Å². The molecular formula is C37H63N11O6. The lowest BCUT2D eigenvalue weighted by Crippen LogP contribution is -2.59. The maximum Gasteiger partial charge on any atom is 0.243 e. The number of aromatic amines is 1. The number of amides is 6. The zero-order valence-corrected chi connectivity index (χ0v) is 31.6.